The van der Waals surface area contributed by atoms with Crippen molar-refractivity contribution in [2.24, 2.45) is 0 Å². The normalized spacial score (nSPS) is 10.3. The third-order valence-electron chi connectivity index (χ3n) is 3.30. The van der Waals surface area contributed by atoms with Crippen LogP contribution in [0.15, 0.2) is 24.3 Å². The van der Waals surface area contributed by atoms with Crippen molar-refractivity contribution in [2.45, 2.75) is 51.9 Å². The highest BCUT2D eigenvalue weighted by Gasteiger charge is 1.99. The Morgan fingerprint density at radius 1 is 1.10 bits per heavy atom. The fraction of sp³-hybridized carbons (Fsp3) is 0.588. The van der Waals surface area contributed by atoms with Gasteiger partial charge in [-0.25, -0.2) is 0 Å². The zero-order chi connectivity index (χ0) is 15.3. The molecule has 1 rings (SSSR count). The number of amides is 1. The number of ether oxygens (including phenoxy) is 1. The van der Waals surface area contributed by atoms with Crippen molar-refractivity contribution in [3.63, 3.8) is 0 Å². The summed E-state index contributed by atoms with van der Waals surface area (Å²) in [6.07, 6.45) is 7.01. The van der Waals surface area contributed by atoms with Gasteiger partial charge in [0.1, 0.15) is 5.75 Å². The lowest BCUT2D eigenvalue weighted by Crippen LogP contribution is -2.24. The van der Waals surface area contributed by atoms with Crippen LogP contribution in [0.1, 0.15) is 51.9 Å². The van der Waals surface area contributed by atoms with E-state index in [-0.39, 0.29) is 5.91 Å². The first-order chi connectivity index (χ1) is 10.2. The largest absolute Gasteiger partial charge is 0.494 e. The number of benzene rings is 1. The maximum atomic E-state index is 11.5. The molecular weight excluding hydrogens is 264 g/mol. The Kier molecular flexibility index (Phi) is 9.09. The minimum absolute atomic E-state index is 0.182. The minimum Gasteiger partial charge on any atom is -0.494 e. The summed E-state index contributed by atoms with van der Waals surface area (Å²) >= 11 is 0. The lowest BCUT2D eigenvalue weighted by molar-refractivity contribution is -0.121. The summed E-state index contributed by atoms with van der Waals surface area (Å²) in [5.41, 5.74) is 6.36. The Bertz CT molecular complexity index is 390. The molecule has 0 bridgehead atoms. The monoisotopic (exact) mass is 292 g/mol. The molecule has 0 radical (unpaired) electrons. The Labute approximate surface area is 128 Å². The number of unbranched alkanes of at least 4 members (excludes halogenated alkanes) is 4. The summed E-state index contributed by atoms with van der Waals surface area (Å²) in [4.78, 5) is 11.5. The minimum atomic E-state index is 0.182. The third-order valence-corrected chi connectivity index (χ3v) is 3.30. The van der Waals surface area contributed by atoms with E-state index in [0.717, 1.165) is 56.5 Å². The average Bonchev–Trinajstić information content (AvgIpc) is 2.48. The van der Waals surface area contributed by atoms with E-state index in [2.05, 4.69) is 12.2 Å². The van der Waals surface area contributed by atoms with Gasteiger partial charge in [0.2, 0.25) is 5.91 Å². The molecule has 1 aromatic carbocycles. The molecule has 0 aromatic heterocycles. The fourth-order valence-corrected chi connectivity index (χ4v) is 2.01. The van der Waals surface area contributed by atoms with E-state index in [1.165, 1.54) is 0 Å². The van der Waals surface area contributed by atoms with Gasteiger partial charge in [0.25, 0.3) is 0 Å². The number of carbonyl (C=O) groups is 1. The van der Waals surface area contributed by atoms with Gasteiger partial charge in [-0.2, -0.15) is 0 Å². The van der Waals surface area contributed by atoms with Crippen molar-refractivity contribution in [1.82, 2.24) is 5.32 Å². The second kappa shape index (κ2) is 11.0. The standard InChI is InChI=1S/C17H28N2O2/c1-2-3-5-8-17(20)19-13-6-4-7-14-21-16-11-9-15(18)10-12-16/h9-12H,2-8,13-14,18H2,1H3,(H,19,20). The van der Waals surface area contributed by atoms with Crippen molar-refractivity contribution in [3.8, 4) is 5.75 Å². The Morgan fingerprint density at radius 2 is 1.86 bits per heavy atom. The van der Waals surface area contributed by atoms with Gasteiger partial charge in [0.15, 0.2) is 0 Å². The van der Waals surface area contributed by atoms with Crippen LogP contribution in [0.3, 0.4) is 0 Å². The first kappa shape index (κ1) is 17.3. The van der Waals surface area contributed by atoms with Gasteiger partial charge in [0, 0.05) is 18.7 Å². The van der Waals surface area contributed by atoms with Gasteiger partial charge >= 0.3 is 0 Å². The van der Waals surface area contributed by atoms with Crippen molar-refractivity contribution < 1.29 is 9.53 Å². The molecule has 0 saturated carbocycles. The molecule has 0 atom stereocenters. The number of nitrogens with two attached hydrogens (primary N) is 1. The van der Waals surface area contributed by atoms with E-state index in [1.807, 2.05) is 24.3 Å². The highest BCUT2D eigenvalue weighted by molar-refractivity contribution is 5.75. The van der Waals surface area contributed by atoms with Gasteiger partial charge in [-0.05, 0) is 49.9 Å². The predicted octanol–water partition coefficient (Wildman–Crippen LogP) is 3.51. The topological polar surface area (TPSA) is 64.3 Å². The van der Waals surface area contributed by atoms with Crippen LogP contribution >= 0.6 is 0 Å². The molecular formula is C17H28N2O2. The van der Waals surface area contributed by atoms with Crippen LogP contribution in [0.2, 0.25) is 0 Å². The summed E-state index contributed by atoms with van der Waals surface area (Å²) in [5.74, 6) is 1.04. The summed E-state index contributed by atoms with van der Waals surface area (Å²) in [6.45, 7) is 3.62. The van der Waals surface area contributed by atoms with Crippen LogP contribution in [-0.2, 0) is 4.79 Å². The molecule has 0 fully saturated rings. The molecule has 0 heterocycles. The Hall–Kier alpha value is -1.71. The number of anilines is 1. The summed E-state index contributed by atoms with van der Waals surface area (Å²) in [6, 6.07) is 7.44. The molecule has 0 aliphatic rings. The predicted molar refractivity (Wildman–Crippen MR) is 87.4 cm³/mol. The summed E-state index contributed by atoms with van der Waals surface area (Å²) in [5, 5.41) is 2.96. The van der Waals surface area contributed by atoms with Gasteiger partial charge < -0.3 is 15.8 Å². The van der Waals surface area contributed by atoms with E-state index in [1.54, 1.807) is 0 Å². The molecule has 3 N–H and O–H groups in total. The van der Waals surface area contributed by atoms with Crippen molar-refractivity contribution in [2.75, 3.05) is 18.9 Å². The first-order valence-corrected chi connectivity index (χ1v) is 7.97. The summed E-state index contributed by atoms with van der Waals surface area (Å²) in [7, 11) is 0. The second-order valence-corrected chi connectivity index (χ2v) is 5.29. The van der Waals surface area contributed by atoms with E-state index in [4.69, 9.17) is 10.5 Å². The number of nitrogen functional groups attached to an aromatic ring is 1. The van der Waals surface area contributed by atoms with Crippen molar-refractivity contribution >= 4 is 11.6 Å². The van der Waals surface area contributed by atoms with E-state index in [9.17, 15) is 4.79 Å². The van der Waals surface area contributed by atoms with E-state index < -0.39 is 0 Å². The van der Waals surface area contributed by atoms with E-state index >= 15 is 0 Å². The smallest absolute Gasteiger partial charge is 0.219 e. The van der Waals surface area contributed by atoms with Crippen LogP contribution < -0.4 is 15.8 Å². The maximum Gasteiger partial charge on any atom is 0.219 e. The number of hydrogen-bond donors (Lipinski definition) is 2. The van der Waals surface area contributed by atoms with Gasteiger partial charge in [-0.15, -0.1) is 0 Å². The molecule has 4 nitrogen and oxygen atoms in total. The molecule has 118 valence electrons. The molecule has 4 heteroatoms. The van der Waals surface area contributed by atoms with Crippen LogP contribution in [0.5, 0.6) is 5.75 Å². The average molecular weight is 292 g/mol. The lowest BCUT2D eigenvalue weighted by Gasteiger charge is -2.07. The Balaban J connectivity index is 1.92. The lowest BCUT2D eigenvalue weighted by atomic mass is 10.2. The maximum absolute atomic E-state index is 11.5. The molecule has 0 saturated heterocycles. The van der Waals surface area contributed by atoms with E-state index in [0.29, 0.717) is 13.0 Å². The summed E-state index contributed by atoms with van der Waals surface area (Å²) < 4.78 is 5.61. The second-order valence-electron chi connectivity index (χ2n) is 5.29. The number of carbonyl (C=O) groups excluding carboxylic acids is 1. The highest BCUT2D eigenvalue weighted by atomic mass is 16.5. The van der Waals surface area contributed by atoms with Crippen LogP contribution in [0.4, 0.5) is 5.69 Å². The molecule has 21 heavy (non-hydrogen) atoms. The molecule has 0 unspecified atom stereocenters. The molecule has 0 spiro atoms. The van der Waals surface area contributed by atoms with Gasteiger partial charge in [-0.1, -0.05) is 19.8 Å². The highest BCUT2D eigenvalue weighted by Crippen LogP contribution is 2.13. The quantitative estimate of drug-likeness (QED) is 0.484. The SMILES string of the molecule is CCCCCC(=O)NCCCCCOc1ccc(N)cc1. The van der Waals surface area contributed by atoms with Crippen molar-refractivity contribution in [3.05, 3.63) is 24.3 Å². The molecule has 1 amide bonds. The van der Waals surface area contributed by atoms with Crippen LogP contribution in [0.25, 0.3) is 0 Å². The van der Waals surface area contributed by atoms with Crippen molar-refractivity contribution in [1.29, 1.82) is 0 Å². The zero-order valence-electron chi connectivity index (χ0n) is 13.1. The molecule has 0 aliphatic carbocycles. The fourth-order valence-electron chi connectivity index (χ4n) is 2.01. The Morgan fingerprint density at radius 3 is 2.57 bits per heavy atom. The molecule has 0 aliphatic heterocycles. The third kappa shape index (κ3) is 8.95. The van der Waals surface area contributed by atoms with Crippen LogP contribution in [-0.4, -0.2) is 19.1 Å². The van der Waals surface area contributed by atoms with Gasteiger partial charge in [0.05, 0.1) is 6.61 Å². The first-order valence-electron chi connectivity index (χ1n) is 7.97. The number of rotatable bonds is 11. The number of nitrogens with one attached hydrogen (secondary N) is 1. The molecule has 1 aromatic rings. The van der Waals surface area contributed by atoms with Crippen LogP contribution in [0, 0.1) is 0 Å². The number of hydrogen-bond acceptors (Lipinski definition) is 3. The van der Waals surface area contributed by atoms with Gasteiger partial charge in [-0.3, -0.25) is 4.79 Å². The zero-order valence-corrected chi connectivity index (χ0v) is 13.1.